The van der Waals surface area contributed by atoms with E-state index in [0.717, 1.165) is 14.5 Å². The number of hydrogen-bond acceptors (Lipinski definition) is 3. The van der Waals surface area contributed by atoms with Gasteiger partial charge < -0.3 is 10.1 Å². The SMILES string of the molecule is COc1c(Br)cc(Br)cc1C=CC(=O)Nc1cccnc1. The molecule has 1 aromatic heterocycles. The molecule has 21 heavy (non-hydrogen) atoms. The van der Waals surface area contributed by atoms with Crippen LogP contribution in [0.4, 0.5) is 5.69 Å². The van der Waals surface area contributed by atoms with Crippen LogP contribution in [0, 0.1) is 0 Å². The molecule has 0 bridgehead atoms. The summed E-state index contributed by atoms with van der Waals surface area (Å²) < 4.78 is 7.02. The number of carbonyl (C=O) groups is 1. The Kier molecular flexibility index (Phi) is 5.52. The lowest BCUT2D eigenvalue weighted by Crippen LogP contribution is -2.07. The van der Waals surface area contributed by atoms with Crippen LogP contribution in [0.1, 0.15) is 5.56 Å². The van der Waals surface area contributed by atoms with Gasteiger partial charge in [0, 0.05) is 22.3 Å². The fraction of sp³-hybridized carbons (Fsp3) is 0.0667. The van der Waals surface area contributed by atoms with Crippen LogP contribution in [-0.2, 0) is 4.79 Å². The van der Waals surface area contributed by atoms with Crippen LogP contribution in [0.2, 0.25) is 0 Å². The second kappa shape index (κ2) is 7.38. The molecule has 0 aliphatic heterocycles. The number of nitrogens with zero attached hydrogens (tertiary/aromatic N) is 1. The van der Waals surface area contributed by atoms with E-state index in [2.05, 4.69) is 42.2 Å². The summed E-state index contributed by atoms with van der Waals surface area (Å²) in [5.74, 6) is 0.435. The van der Waals surface area contributed by atoms with Crippen LogP contribution in [0.15, 0.2) is 51.7 Å². The Morgan fingerprint density at radius 1 is 1.38 bits per heavy atom. The lowest BCUT2D eigenvalue weighted by molar-refractivity contribution is -0.111. The molecule has 0 radical (unpaired) electrons. The molecule has 0 fully saturated rings. The number of rotatable bonds is 4. The number of anilines is 1. The maximum absolute atomic E-state index is 11.9. The Morgan fingerprint density at radius 2 is 2.19 bits per heavy atom. The van der Waals surface area contributed by atoms with Gasteiger partial charge >= 0.3 is 0 Å². The molecule has 1 N–H and O–H groups in total. The summed E-state index contributed by atoms with van der Waals surface area (Å²) in [6.07, 6.45) is 6.38. The van der Waals surface area contributed by atoms with E-state index in [9.17, 15) is 4.79 Å². The molecule has 0 aliphatic rings. The van der Waals surface area contributed by atoms with E-state index in [4.69, 9.17) is 4.74 Å². The highest BCUT2D eigenvalue weighted by Crippen LogP contribution is 2.33. The first-order valence-electron chi connectivity index (χ1n) is 6.02. The van der Waals surface area contributed by atoms with Crippen LogP contribution in [0.3, 0.4) is 0 Å². The van der Waals surface area contributed by atoms with Gasteiger partial charge in [-0.3, -0.25) is 9.78 Å². The van der Waals surface area contributed by atoms with Crippen LogP contribution < -0.4 is 10.1 Å². The number of halogens is 2. The third kappa shape index (κ3) is 4.41. The van der Waals surface area contributed by atoms with Gasteiger partial charge in [0.15, 0.2) is 0 Å². The number of ether oxygens (including phenoxy) is 1. The van der Waals surface area contributed by atoms with Crippen molar-refractivity contribution in [2.24, 2.45) is 0 Å². The number of nitrogens with one attached hydrogen (secondary N) is 1. The minimum atomic E-state index is -0.235. The zero-order valence-corrected chi connectivity index (χ0v) is 14.3. The summed E-state index contributed by atoms with van der Waals surface area (Å²) in [5.41, 5.74) is 1.44. The van der Waals surface area contributed by atoms with E-state index in [1.807, 2.05) is 12.1 Å². The van der Waals surface area contributed by atoms with E-state index in [1.54, 1.807) is 37.7 Å². The third-order valence-corrected chi connectivity index (χ3v) is 3.63. The molecule has 0 saturated heterocycles. The number of hydrogen-bond donors (Lipinski definition) is 1. The molecular weight excluding hydrogens is 400 g/mol. The molecule has 0 spiro atoms. The van der Waals surface area contributed by atoms with Gasteiger partial charge in [-0.25, -0.2) is 0 Å². The summed E-state index contributed by atoms with van der Waals surface area (Å²) in [6, 6.07) is 7.28. The molecular formula is C15H12Br2N2O2. The van der Waals surface area contributed by atoms with E-state index in [1.165, 1.54) is 6.08 Å². The summed E-state index contributed by atoms with van der Waals surface area (Å²) >= 11 is 6.83. The van der Waals surface area contributed by atoms with Crippen LogP contribution >= 0.6 is 31.9 Å². The van der Waals surface area contributed by atoms with Crippen molar-refractivity contribution in [1.82, 2.24) is 4.98 Å². The van der Waals surface area contributed by atoms with Crippen LogP contribution in [0.5, 0.6) is 5.75 Å². The molecule has 108 valence electrons. The van der Waals surface area contributed by atoms with Crippen molar-refractivity contribution in [2.45, 2.75) is 0 Å². The van der Waals surface area contributed by atoms with Crippen molar-refractivity contribution < 1.29 is 9.53 Å². The van der Waals surface area contributed by atoms with Gasteiger partial charge in [0.2, 0.25) is 5.91 Å². The lowest BCUT2D eigenvalue weighted by atomic mass is 10.2. The normalized spacial score (nSPS) is 10.6. The monoisotopic (exact) mass is 410 g/mol. The number of amides is 1. The Hall–Kier alpha value is -1.66. The van der Waals surface area contributed by atoms with Gasteiger partial charge in [-0.1, -0.05) is 15.9 Å². The number of carbonyl (C=O) groups excluding carboxylic acids is 1. The van der Waals surface area contributed by atoms with Gasteiger partial charge in [0.05, 0.1) is 23.5 Å². The van der Waals surface area contributed by atoms with Crippen molar-refractivity contribution in [2.75, 3.05) is 12.4 Å². The largest absolute Gasteiger partial charge is 0.495 e. The molecule has 6 heteroatoms. The molecule has 0 saturated carbocycles. The highest BCUT2D eigenvalue weighted by Gasteiger charge is 2.07. The van der Waals surface area contributed by atoms with E-state index >= 15 is 0 Å². The van der Waals surface area contributed by atoms with Crippen molar-refractivity contribution in [3.8, 4) is 5.75 Å². The van der Waals surface area contributed by atoms with Crippen molar-refractivity contribution in [3.63, 3.8) is 0 Å². The quantitative estimate of drug-likeness (QED) is 0.764. The average Bonchev–Trinajstić information content (AvgIpc) is 2.45. The summed E-state index contributed by atoms with van der Waals surface area (Å²) in [5, 5.41) is 2.73. The maximum Gasteiger partial charge on any atom is 0.248 e. The topological polar surface area (TPSA) is 51.2 Å². The van der Waals surface area contributed by atoms with Gasteiger partial charge in [-0.05, 0) is 46.3 Å². The molecule has 1 heterocycles. The van der Waals surface area contributed by atoms with Crippen molar-refractivity contribution in [1.29, 1.82) is 0 Å². The predicted molar refractivity (Wildman–Crippen MR) is 90.3 cm³/mol. The highest BCUT2D eigenvalue weighted by molar-refractivity contribution is 9.11. The smallest absolute Gasteiger partial charge is 0.248 e. The number of pyridine rings is 1. The standard InChI is InChI=1S/C15H12Br2N2O2/c1-21-15-10(7-11(16)8-13(15)17)4-5-14(20)19-12-3-2-6-18-9-12/h2-9H,1H3,(H,19,20). The minimum absolute atomic E-state index is 0.235. The Labute approximate surface area is 139 Å². The summed E-state index contributed by atoms with van der Waals surface area (Å²) in [7, 11) is 1.58. The first-order chi connectivity index (χ1) is 10.1. The number of benzene rings is 1. The summed E-state index contributed by atoms with van der Waals surface area (Å²) in [4.78, 5) is 15.8. The first kappa shape index (κ1) is 15.7. The fourth-order valence-corrected chi connectivity index (χ4v) is 3.13. The molecule has 0 aliphatic carbocycles. The minimum Gasteiger partial charge on any atom is -0.495 e. The number of aromatic nitrogens is 1. The Bertz CT molecular complexity index is 673. The lowest BCUT2D eigenvalue weighted by Gasteiger charge is -2.08. The molecule has 1 aromatic carbocycles. The Balaban J connectivity index is 2.16. The van der Waals surface area contributed by atoms with Gasteiger partial charge in [-0.2, -0.15) is 0 Å². The van der Waals surface area contributed by atoms with Crippen molar-refractivity contribution in [3.05, 3.63) is 57.2 Å². The second-order valence-electron chi connectivity index (χ2n) is 4.07. The van der Waals surface area contributed by atoms with E-state index in [0.29, 0.717) is 11.4 Å². The van der Waals surface area contributed by atoms with Gasteiger partial charge in [0.1, 0.15) is 5.75 Å². The average molecular weight is 412 g/mol. The molecule has 0 unspecified atom stereocenters. The second-order valence-corrected chi connectivity index (χ2v) is 5.84. The predicted octanol–water partition coefficient (Wildman–Crippen LogP) is 4.27. The van der Waals surface area contributed by atoms with Gasteiger partial charge in [-0.15, -0.1) is 0 Å². The zero-order valence-electron chi connectivity index (χ0n) is 11.1. The maximum atomic E-state index is 11.9. The third-order valence-electron chi connectivity index (χ3n) is 2.58. The van der Waals surface area contributed by atoms with Crippen molar-refractivity contribution >= 4 is 49.5 Å². The molecule has 1 amide bonds. The van der Waals surface area contributed by atoms with Gasteiger partial charge in [0.25, 0.3) is 0 Å². The van der Waals surface area contributed by atoms with Crippen LogP contribution in [-0.4, -0.2) is 18.0 Å². The van der Waals surface area contributed by atoms with E-state index < -0.39 is 0 Å². The number of methoxy groups -OCH3 is 1. The Morgan fingerprint density at radius 3 is 2.86 bits per heavy atom. The molecule has 4 nitrogen and oxygen atoms in total. The van der Waals surface area contributed by atoms with E-state index in [-0.39, 0.29) is 5.91 Å². The molecule has 2 aromatic rings. The first-order valence-corrected chi connectivity index (χ1v) is 7.61. The fourth-order valence-electron chi connectivity index (χ4n) is 1.71. The summed E-state index contributed by atoms with van der Waals surface area (Å²) in [6.45, 7) is 0. The highest BCUT2D eigenvalue weighted by atomic mass is 79.9. The molecule has 0 atom stereocenters. The van der Waals surface area contributed by atoms with Crippen LogP contribution in [0.25, 0.3) is 6.08 Å². The molecule has 2 rings (SSSR count). The zero-order chi connectivity index (χ0) is 15.2.